The van der Waals surface area contributed by atoms with Gasteiger partial charge in [-0.15, -0.1) is 0 Å². The highest BCUT2D eigenvalue weighted by Crippen LogP contribution is 2.31. The molecule has 0 radical (unpaired) electrons. The number of pyridine rings is 1. The predicted molar refractivity (Wildman–Crippen MR) is 132 cm³/mol. The number of ether oxygens (including phenoxy) is 1. The van der Waals surface area contributed by atoms with Gasteiger partial charge in [-0.3, -0.25) is 5.43 Å². The number of aryl methyl sites for hydroxylation is 3. The summed E-state index contributed by atoms with van der Waals surface area (Å²) in [4.78, 5) is 14.8. The fourth-order valence-corrected chi connectivity index (χ4v) is 5.16. The Morgan fingerprint density at radius 2 is 1.92 bits per heavy atom. The van der Waals surface area contributed by atoms with Crippen LogP contribution in [0.25, 0.3) is 0 Å². The van der Waals surface area contributed by atoms with Crippen molar-refractivity contribution in [2.45, 2.75) is 58.6 Å². The zero-order valence-corrected chi connectivity index (χ0v) is 21.9. The Hall–Kier alpha value is -3.58. The van der Waals surface area contributed by atoms with Crippen LogP contribution < -0.4 is 14.9 Å². The molecule has 4 heterocycles. The summed E-state index contributed by atoms with van der Waals surface area (Å²) in [6.07, 6.45) is 2.61. The van der Waals surface area contributed by atoms with Crippen LogP contribution in [0.3, 0.4) is 0 Å². The SMILES string of the molecule is COc1cccc(C2=NNC(NS(=O)(=O)[C@@H](C)Cc3ncc(C)cn3)N2[C@H](C)c2c(C)noc2C)n1. The maximum absolute atomic E-state index is 13.3. The number of nitrogens with one attached hydrogen (secondary N) is 2. The van der Waals surface area contributed by atoms with Crippen LogP contribution in [0.2, 0.25) is 0 Å². The molecule has 0 saturated carbocycles. The molecule has 3 aromatic heterocycles. The molecule has 4 rings (SSSR count). The fourth-order valence-electron chi connectivity index (χ4n) is 4.09. The number of nitrogens with zero attached hydrogens (tertiary/aromatic N) is 6. The topological polar surface area (TPSA) is 148 Å². The number of amidine groups is 1. The van der Waals surface area contributed by atoms with Gasteiger partial charge in [-0.1, -0.05) is 11.2 Å². The van der Waals surface area contributed by atoms with Crippen molar-refractivity contribution >= 4 is 15.9 Å². The number of methoxy groups -OCH3 is 1. The average Bonchev–Trinajstić information content (AvgIpc) is 3.42. The van der Waals surface area contributed by atoms with E-state index in [1.54, 1.807) is 42.4 Å². The van der Waals surface area contributed by atoms with E-state index >= 15 is 0 Å². The van der Waals surface area contributed by atoms with Gasteiger partial charge in [0.15, 0.2) is 12.1 Å². The minimum atomic E-state index is -3.82. The van der Waals surface area contributed by atoms with Gasteiger partial charge in [0.2, 0.25) is 15.9 Å². The van der Waals surface area contributed by atoms with Gasteiger partial charge in [-0.05, 0) is 46.2 Å². The van der Waals surface area contributed by atoms with Crippen LogP contribution in [0, 0.1) is 20.8 Å². The molecule has 1 unspecified atom stereocenters. The summed E-state index contributed by atoms with van der Waals surface area (Å²) in [5, 5.41) is 7.71. The van der Waals surface area contributed by atoms with Crippen molar-refractivity contribution in [1.82, 2.24) is 35.2 Å². The average molecular weight is 515 g/mol. The van der Waals surface area contributed by atoms with Gasteiger partial charge in [0.05, 0.1) is 24.1 Å². The van der Waals surface area contributed by atoms with Crippen molar-refractivity contribution in [2.75, 3.05) is 7.11 Å². The van der Waals surface area contributed by atoms with E-state index < -0.39 is 21.6 Å². The van der Waals surface area contributed by atoms with E-state index in [1.807, 2.05) is 27.7 Å². The predicted octanol–water partition coefficient (Wildman–Crippen LogP) is 1.96. The van der Waals surface area contributed by atoms with Gasteiger partial charge >= 0.3 is 0 Å². The normalized spacial score (nSPS) is 17.4. The molecule has 0 aliphatic carbocycles. The molecule has 0 amide bonds. The Balaban J connectivity index is 1.64. The number of hydrogen-bond donors (Lipinski definition) is 2. The van der Waals surface area contributed by atoms with Crippen LogP contribution in [0.5, 0.6) is 5.88 Å². The first-order valence-corrected chi connectivity index (χ1v) is 13.0. The highest BCUT2D eigenvalue weighted by atomic mass is 32.2. The zero-order chi connectivity index (χ0) is 26.0. The maximum atomic E-state index is 13.3. The summed E-state index contributed by atoms with van der Waals surface area (Å²) in [6, 6.07) is 4.94. The first-order chi connectivity index (χ1) is 17.1. The monoisotopic (exact) mass is 514 g/mol. The van der Waals surface area contributed by atoms with Crippen LogP contribution in [0.15, 0.2) is 40.2 Å². The zero-order valence-electron chi connectivity index (χ0n) is 21.1. The molecule has 2 N–H and O–H groups in total. The van der Waals surface area contributed by atoms with E-state index in [0.29, 0.717) is 34.7 Å². The molecule has 3 atom stereocenters. The summed E-state index contributed by atoms with van der Waals surface area (Å²) in [5.41, 5.74) is 5.88. The summed E-state index contributed by atoms with van der Waals surface area (Å²) in [7, 11) is -2.29. The second-order valence-corrected chi connectivity index (χ2v) is 10.8. The number of rotatable bonds is 9. The van der Waals surface area contributed by atoms with E-state index in [2.05, 4.69) is 35.4 Å². The Morgan fingerprint density at radius 3 is 2.56 bits per heavy atom. The van der Waals surface area contributed by atoms with E-state index in [1.165, 1.54) is 7.11 Å². The second kappa shape index (κ2) is 10.2. The molecule has 0 saturated heterocycles. The quantitative estimate of drug-likeness (QED) is 0.434. The molecule has 13 heteroatoms. The van der Waals surface area contributed by atoms with Crippen molar-refractivity contribution in [3.8, 4) is 5.88 Å². The molecule has 36 heavy (non-hydrogen) atoms. The first kappa shape index (κ1) is 25.5. The molecule has 0 aromatic carbocycles. The van der Waals surface area contributed by atoms with Crippen molar-refractivity contribution in [1.29, 1.82) is 0 Å². The van der Waals surface area contributed by atoms with Gasteiger partial charge in [0.1, 0.15) is 17.3 Å². The van der Waals surface area contributed by atoms with Gasteiger partial charge in [0.25, 0.3) is 0 Å². The van der Waals surface area contributed by atoms with Crippen LogP contribution in [0.1, 0.15) is 54.0 Å². The lowest BCUT2D eigenvalue weighted by atomic mass is 10.0. The molecule has 192 valence electrons. The molecule has 0 fully saturated rings. The summed E-state index contributed by atoms with van der Waals surface area (Å²) in [6.45, 7) is 9.09. The highest BCUT2D eigenvalue weighted by Gasteiger charge is 2.39. The third kappa shape index (κ3) is 5.16. The van der Waals surface area contributed by atoms with E-state index in [-0.39, 0.29) is 12.5 Å². The molecule has 0 spiro atoms. The number of hydrogen-bond acceptors (Lipinski definition) is 11. The summed E-state index contributed by atoms with van der Waals surface area (Å²) >= 11 is 0. The maximum Gasteiger partial charge on any atom is 0.217 e. The van der Waals surface area contributed by atoms with E-state index in [0.717, 1.165) is 11.1 Å². The minimum Gasteiger partial charge on any atom is -0.481 e. The molecular formula is C23H30N8O4S. The molecular weight excluding hydrogens is 484 g/mol. The largest absolute Gasteiger partial charge is 0.481 e. The molecule has 3 aromatic rings. The Bertz CT molecular complexity index is 1340. The lowest BCUT2D eigenvalue weighted by Crippen LogP contribution is -2.55. The van der Waals surface area contributed by atoms with Gasteiger partial charge in [-0.2, -0.15) is 9.82 Å². The van der Waals surface area contributed by atoms with Crippen molar-refractivity contribution in [3.63, 3.8) is 0 Å². The third-order valence-electron chi connectivity index (χ3n) is 6.01. The fraction of sp³-hybridized carbons (Fsp3) is 0.435. The van der Waals surface area contributed by atoms with Crippen molar-refractivity contribution in [3.05, 3.63) is 64.7 Å². The van der Waals surface area contributed by atoms with Crippen molar-refractivity contribution < 1.29 is 17.7 Å². The van der Waals surface area contributed by atoms with Crippen LogP contribution >= 0.6 is 0 Å². The summed E-state index contributed by atoms with van der Waals surface area (Å²) in [5.74, 6) is 1.95. The van der Waals surface area contributed by atoms with Crippen LogP contribution in [0.4, 0.5) is 0 Å². The second-order valence-electron chi connectivity index (χ2n) is 8.71. The highest BCUT2D eigenvalue weighted by molar-refractivity contribution is 7.90. The minimum absolute atomic E-state index is 0.160. The standard InChI is InChI=1S/C23H30N8O4S/c1-13-11-24-19(25-12-13)10-14(2)36(32,33)30-23-28-27-22(18-8-7-9-20(26-18)34-6)31(23)16(4)21-15(3)29-35-17(21)5/h7-9,11-12,14,16,23,28,30H,10H2,1-6H3/t14-,16+,23?/m0/s1. The van der Waals surface area contributed by atoms with E-state index in [4.69, 9.17) is 9.26 Å². The smallest absolute Gasteiger partial charge is 0.217 e. The Morgan fingerprint density at radius 1 is 1.19 bits per heavy atom. The number of sulfonamides is 1. The van der Waals surface area contributed by atoms with Gasteiger partial charge in [-0.25, -0.2) is 23.4 Å². The lowest BCUT2D eigenvalue weighted by molar-refractivity contribution is 0.229. The van der Waals surface area contributed by atoms with E-state index in [9.17, 15) is 8.42 Å². The number of hydrazone groups is 1. The number of aromatic nitrogens is 4. The molecule has 0 bridgehead atoms. The van der Waals surface area contributed by atoms with Crippen molar-refractivity contribution in [2.24, 2.45) is 5.10 Å². The first-order valence-electron chi connectivity index (χ1n) is 11.4. The third-order valence-corrected chi connectivity index (χ3v) is 7.79. The van der Waals surface area contributed by atoms with Crippen LogP contribution in [-0.2, 0) is 16.4 Å². The molecule has 12 nitrogen and oxygen atoms in total. The lowest BCUT2D eigenvalue weighted by Gasteiger charge is -2.33. The van der Waals surface area contributed by atoms with Crippen LogP contribution in [-0.4, -0.2) is 57.9 Å². The molecule has 1 aliphatic rings. The van der Waals surface area contributed by atoms with Gasteiger partial charge < -0.3 is 14.2 Å². The Kier molecular flexibility index (Phi) is 7.22. The summed E-state index contributed by atoms with van der Waals surface area (Å²) < 4.78 is 40.1. The Labute approximate surface area is 210 Å². The molecule has 1 aliphatic heterocycles. The van der Waals surface area contributed by atoms with Gasteiger partial charge in [0, 0.05) is 30.4 Å².